The van der Waals surface area contributed by atoms with Crippen molar-refractivity contribution in [2.45, 2.75) is 75.9 Å². The van der Waals surface area contributed by atoms with E-state index in [0.29, 0.717) is 11.3 Å². The van der Waals surface area contributed by atoms with Gasteiger partial charge in [-0.15, -0.1) is 0 Å². The molecule has 0 radical (unpaired) electrons. The summed E-state index contributed by atoms with van der Waals surface area (Å²) in [6, 6.07) is 0.379. The molecule has 0 bridgehead atoms. The highest BCUT2D eigenvalue weighted by Crippen LogP contribution is 2.49. The van der Waals surface area contributed by atoms with E-state index in [0.717, 1.165) is 56.8 Å². The molecule has 0 saturated carbocycles. The van der Waals surface area contributed by atoms with Crippen molar-refractivity contribution >= 4 is 17.7 Å². The Morgan fingerprint density at radius 1 is 1.38 bits per heavy atom. The Hall–Kier alpha value is -0.560. The summed E-state index contributed by atoms with van der Waals surface area (Å²) in [6.07, 6.45) is 5.76. The van der Waals surface area contributed by atoms with Crippen molar-refractivity contribution in [1.82, 2.24) is 9.80 Å². The van der Waals surface area contributed by atoms with Crippen LogP contribution in [0, 0.1) is 0 Å². The SMILES string of the molecule is CCN(CC)CCSC1CC2=CC(=O)O[C@]2(C)[C@@]2(N)CCCCN2[C@H]1C. The zero-order valence-electron chi connectivity index (χ0n) is 16.8. The minimum absolute atomic E-state index is 0.223. The van der Waals surface area contributed by atoms with Gasteiger partial charge in [0.05, 0.1) is 0 Å². The Morgan fingerprint density at radius 2 is 2.12 bits per heavy atom. The molecule has 3 rings (SSSR count). The van der Waals surface area contributed by atoms with Crippen molar-refractivity contribution < 1.29 is 9.53 Å². The fourth-order valence-electron chi connectivity index (χ4n) is 4.95. The molecule has 2 saturated heterocycles. The molecule has 3 aliphatic heterocycles. The number of nitrogens with zero attached hydrogens (tertiary/aromatic N) is 2. The Kier molecular flexibility index (Phi) is 6.07. The number of esters is 1. The van der Waals surface area contributed by atoms with Gasteiger partial charge in [0, 0.05) is 36.2 Å². The van der Waals surface area contributed by atoms with Crippen molar-refractivity contribution in [3.63, 3.8) is 0 Å². The predicted octanol–water partition coefficient (Wildman–Crippen LogP) is 2.61. The molecule has 0 aliphatic carbocycles. The Labute approximate surface area is 162 Å². The van der Waals surface area contributed by atoms with Crippen LogP contribution in [0.4, 0.5) is 0 Å². The van der Waals surface area contributed by atoms with Crippen molar-refractivity contribution in [3.8, 4) is 0 Å². The lowest BCUT2D eigenvalue weighted by atomic mass is 9.77. The molecule has 2 N–H and O–H groups in total. The molecule has 0 aromatic carbocycles. The average Bonchev–Trinajstić information content (AvgIpc) is 2.89. The monoisotopic (exact) mass is 381 g/mol. The average molecular weight is 382 g/mol. The van der Waals surface area contributed by atoms with Crippen LogP contribution in [0.5, 0.6) is 0 Å². The van der Waals surface area contributed by atoms with Crippen LogP contribution in [0.2, 0.25) is 0 Å². The third-order valence-corrected chi connectivity index (χ3v) is 8.25. The topological polar surface area (TPSA) is 58.8 Å². The quantitative estimate of drug-likeness (QED) is 0.714. The molecule has 148 valence electrons. The van der Waals surface area contributed by atoms with E-state index < -0.39 is 11.3 Å². The molecule has 0 spiro atoms. The molecule has 3 aliphatic rings. The third-order valence-electron chi connectivity index (χ3n) is 6.84. The summed E-state index contributed by atoms with van der Waals surface area (Å²) in [5, 5.41) is 0.439. The van der Waals surface area contributed by atoms with Gasteiger partial charge in [-0.3, -0.25) is 4.90 Å². The van der Waals surface area contributed by atoms with Crippen LogP contribution in [0.1, 0.15) is 53.4 Å². The zero-order valence-corrected chi connectivity index (χ0v) is 17.6. The number of hydrogen-bond acceptors (Lipinski definition) is 6. The van der Waals surface area contributed by atoms with Gasteiger partial charge in [-0.2, -0.15) is 11.8 Å². The van der Waals surface area contributed by atoms with Crippen molar-refractivity contribution in [3.05, 3.63) is 11.6 Å². The molecule has 2 fully saturated rings. The van der Waals surface area contributed by atoms with E-state index in [2.05, 4.69) is 30.6 Å². The normalized spacial score (nSPS) is 37.8. The van der Waals surface area contributed by atoms with Gasteiger partial charge in [0.2, 0.25) is 0 Å². The van der Waals surface area contributed by atoms with Crippen molar-refractivity contribution in [2.75, 3.05) is 31.9 Å². The number of nitrogens with two attached hydrogens (primary N) is 1. The van der Waals surface area contributed by atoms with Gasteiger partial charge >= 0.3 is 5.97 Å². The Balaban J connectivity index is 1.82. The summed E-state index contributed by atoms with van der Waals surface area (Å²) >= 11 is 2.03. The summed E-state index contributed by atoms with van der Waals surface area (Å²) in [4.78, 5) is 17.0. The zero-order chi connectivity index (χ0) is 18.9. The third kappa shape index (κ3) is 3.34. The van der Waals surface area contributed by atoms with E-state index in [1.165, 1.54) is 6.42 Å². The maximum atomic E-state index is 12.1. The number of piperidine rings is 1. The summed E-state index contributed by atoms with van der Waals surface area (Å²) in [6.45, 7) is 13.1. The summed E-state index contributed by atoms with van der Waals surface area (Å²) < 4.78 is 5.86. The van der Waals surface area contributed by atoms with Crippen LogP contribution in [0.3, 0.4) is 0 Å². The highest BCUT2D eigenvalue weighted by Gasteiger charge is 2.60. The van der Waals surface area contributed by atoms with Crippen molar-refractivity contribution in [1.29, 1.82) is 0 Å². The molecular weight excluding hydrogens is 346 g/mol. The number of fused-ring (bicyclic) bond motifs is 3. The van der Waals surface area contributed by atoms with Gasteiger partial charge in [-0.05, 0) is 58.2 Å². The molecule has 5 nitrogen and oxygen atoms in total. The number of carbonyl (C=O) groups excluding carboxylic acids is 1. The first kappa shape index (κ1) is 20.2. The Bertz CT molecular complexity index is 565. The standard InChI is InChI=1S/C20H35N3O2S/c1-5-22(6-2)11-12-26-17-13-16-14-18(24)25-19(16,4)20(21)9-7-8-10-23(20)15(17)3/h14-15,17H,5-13,21H2,1-4H3/t15-,17?,19-,20+/m0/s1. The van der Waals surface area contributed by atoms with Gasteiger partial charge in [-0.25, -0.2) is 4.79 Å². The van der Waals surface area contributed by atoms with Crippen LogP contribution in [-0.4, -0.2) is 70.3 Å². The maximum absolute atomic E-state index is 12.1. The minimum Gasteiger partial charge on any atom is -0.448 e. The highest BCUT2D eigenvalue weighted by molar-refractivity contribution is 8.00. The molecular formula is C20H35N3O2S. The van der Waals surface area contributed by atoms with Gasteiger partial charge < -0.3 is 15.4 Å². The predicted molar refractivity (Wildman–Crippen MR) is 108 cm³/mol. The first-order chi connectivity index (χ1) is 12.4. The van der Waals surface area contributed by atoms with Gasteiger partial charge in [0.1, 0.15) is 5.66 Å². The van der Waals surface area contributed by atoms with Crippen molar-refractivity contribution in [2.24, 2.45) is 5.73 Å². The summed E-state index contributed by atoms with van der Waals surface area (Å²) in [7, 11) is 0. The molecule has 0 aromatic heterocycles. The number of hydrogen-bond donors (Lipinski definition) is 1. The van der Waals surface area contributed by atoms with E-state index in [4.69, 9.17) is 10.5 Å². The highest BCUT2D eigenvalue weighted by atomic mass is 32.2. The molecule has 3 heterocycles. The number of rotatable bonds is 6. The molecule has 0 amide bonds. The fourth-order valence-corrected chi connectivity index (χ4v) is 6.34. The maximum Gasteiger partial charge on any atom is 0.331 e. The number of thioether (sulfide) groups is 1. The van der Waals surface area contributed by atoms with Gasteiger partial charge in [0.25, 0.3) is 0 Å². The minimum atomic E-state index is -0.688. The van der Waals surface area contributed by atoms with Gasteiger partial charge in [0.15, 0.2) is 5.60 Å². The summed E-state index contributed by atoms with van der Waals surface area (Å²) in [5.41, 5.74) is 6.83. The molecule has 4 atom stereocenters. The van der Waals surface area contributed by atoms with E-state index in [1.807, 2.05) is 18.7 Å². The lowest BCUT2D eigenvalue weighted by molar-refractivity contribution is -0.164. The summed E-state index contributed by atoms with van der Waals surface area (Å²) in [5.74, 6) is 0.889. The second kappa shape index (κ2) is 7.82. The second-order valence-corrected chi connectivity index (χ2v) is 9.43. The van der Waals surface area contributed by atoms with Crippen LogP contribution in [-0.2, 0) is 9.53 Å². The van der Waals surface area contributed by atoms with E-state index in [9.17, 15) is 4.79 Å². The molecule has 0 aromatic rings. The van der Waals surface area contributed by atoms with Gasteiger partial charge in [-0.1, -0.05) is 13.8 Å². The molecule has 1 unspecified atom stereocenters. The Morgan fingerprint density at radius 3 is 2.81 bits per heavy atom. The largest absolute Gasteiger partial charge is 0.448 e. The van der Waals surface area contributed by atoms with Crippen LogP contribution in [0.25, 0.3) is 0 Å². The van der Waals surface area contributed by atoms with Crippen LogP contribution in [0.15, 0.2) is 11.6 Å². The smallest absolute Gasteiger partial charge is 0.331 e. The van der Waals surface area contributed by atoms with Crippen LogP contribution < -0.4 is 5.73 Å². The molecule has 26 heavy (non-hydrogen) atoms. The van der Waals surface area contributed by atoms with E-state index >= 15 is 0 Å². The van der Waals surface area contributed by atoms with E-state index in [-0.39, 0.29) is 5.97 Å². The fraction of sp³-hybridized carbons (Fsp3) is 0.850. The van der Waals surface area contributed by atoms with E-state index in [1.54, 1.807) is 6.08 Å². The lowest BCUT2D eigenvalue weighted by Gasteiger charge is -2.53. The van der Waals surface area contributed by atoms with Crippen LogP contribution >= 0.6 is 11.8 Å². The first-order valence-electron chi connectivity index (χ1n) is 10.2. The number of carbonyl (C=O) groups is 1. The second-order valence-electron chi connectivity index (χ2n) is 8.08. The first-order valence-corrected chi connectivity index (χ1v) is 11.2. The lowest BCUT2D eigenvalue weighted by Crippen LogP contribution is -2.72. The number of ether oxygens (including phenoxy) is 1. The molecule has 6 heteroatoms.